The lowest BCUT2D eigenvalue weighted by atomic mass is 10.6. The molecule has 60 valence electrons. The van der Waals surface area contributed by atoms with Crippen LogP contribution in [0.4, 0.5) is 5.00 Å². The Bertz CT molecular complexity index is 325. The first-order valence-electron chi connectivity index (χ1n) is 2.83. The molecule has 1 aromatic heterocycles. The molecule has 0 aliphatic heterocycles. The number of anilines is 1. The van der Waals surface area contributed by atoms with E-state index in [0.717, 1.165) is 5.41 Å². The van der Waals surface area contributed by atoms with Crippen molar-refractivity contribution in [3.05, 3.63) is 29.5 Å². The van der Waals surface area contributed by atoms with Crippen LogP contribution in [0.3, 0.4) is 0 Å². The summed E-state index contributed by atoms with van der Waals surface area (Å²) >= 11 is 1.33. The highest BCUT2D eigenvalue weighted by Gasteiger charge is 2.03. The lowest BCUT2D eigenvalue weighted by Crippen LogP contribution is -2.06. The standard InChI is InChI=1S/C6H7NO2S2/c1-2-11(8,9)7-6-4-3-5-10-6/h2-5,7H,1H2. The van der Waals surface area contributed by atoms with Gasteiger partial charge >= 0.3 is 0 Å². The van der Waals surface area contributed by atoms with E-state index >= 15 is 0 Å². The molecule has 0 saturated heterocycles. The molecule has 0 saturated carbocycles. The van der Waals surface area contributed by atoms with Crippen molar-refractivity contribution in [2.45, 2.75) is 0 Å². The molecule has 1 aromatic rings. The Balaban J connectivity index is 2.79. The van der Waals surface area contributed by atoms with E-state index in [1.54, 1.807) is 17.5 Å². The molecule has 1 N–H and O–H groups in total. The van der Waals surface area contributed by atoms with Crippen molar-refractivity contribution in [2.75, 3.05) is 4.72 Å². The lowest BCUT2D eigenvalue weighted by Gasteiger charge is -1.97. The van der Waals surface area contributed by atoms with Crippen molar-refractivity contribution in [1.82, 2.24) is 0 Å². The first-order valence-corrected chi connectivity index (χ1v) is 5.25. The van der Waals surface area contributed by atoms with Crippen molar-refractivity contribution in [1.29, 1.82) is 0 Å². The largest absolute Gasteiger partial charge is 0.271 e. The molecule has 0 aliphatic carbocycles. The van der Waals surface area contributed by atoms with Gasteiger partial charge < -0.3 is 0 Å². The third-order valence-electron chi connectivity index (χ3n) is 0.983. The maximum absolute atomic E-state index is 10.8. The van der Waals surface area contributed by atoms with Crippen molar-refractivity contribution in [2.24, 2.45) is 0 Å². The zero-order chi connectivity index (χ0) is 8.32. The van der Waals surface area contributed by atoms with Gasteiger partial charge in [0.1, 0.15) is 5.00 Å². The van der Waals surface area contributed by atoms with Gasteiger partial charge in [0.2, 0.25) is 0 Å². The summed E-state index contributed by atoms with van der Waals surface area (Å²) in [5.41, 5.74) is 0. The first-order chi connectivity index (χ1) is 5.14. The van der Waals surface area contributed by atoms with Gasteiger partial charge in [-0.1, -0.05) is 6.58 Å². The Morgan fingerprint density at radius 3 is 2.82 bits per heavy atom. The maximum atomic E-state index is 10.8. The van der Waals surface area contributed by atoms with Crippen molar-refractivity contribution >= 4 is 26.4 Å². The third kappa shape index (κ3) is 2.36. The molecular formula is C6H7NO2S2. The zero-order valence-corrected chi connectivity index (χ0v) is 7.28. The molecule has 0 radical (unpaired) electrons. The molecule has 0 aliphatic rings. The van der Waals surface area contributed by atoms with Crippen LogP contribution in [0.25, 0.3) is 0 Å². The highest BCUT2D eigenvalue weighted by molar-refractivity contribution is 7.95. The minimum absolute atomic E-state index is 0.602. The smallest absolute Gasteiger partial charge is 0.255 e. The molecule has 5 heteroatoms. The van der Waals surface area contributed by atoms with Crippen LogP contribution >= 0.6 is 11.3 Å². The summed E-state index contributed by atoms with van der Waals surface area (Å²) in [6, 6.07) is 3.46. The average Bonchev–Trinajstić information content (AvgIpc) is 2.39. The van der Waals surface area contributed by atoms with Crippen molar-refractivity contribution in [3.8, 4) is 0 Å². The number of sulfonamides is 1. The van der Waals surface area contributed by atoms with Crippen LogP contribution in [0.2, 0.25) is 0 Å². The van der Waals surface area contributed by atoms with Gasteiger partial charge in [0, 0.05) is 5.41 Å². The molecular weight excluding hydrogens is 182 g/mol. The fourth-order valence-electron chi connectivity index (χ4n) is 0.519. The minimum atomic E-state index is -3.32. The third-order valence-corrected chi connectivity index (χ3v) is 2.84. The Morgan fingerprint density at radius 2 is 2.36 bits per heavy atom. The van der Waals surface area contributed by atoms with Crippen LogP contribution in [-0.4, -0.2) is 8.42 Å². The highest BCUT2D eigenvalue weighted by atomic mass is 32.2. The van der Waals surface area contributed by atoms with Crippen LogP contribution < -0.4 is 4.72 Å². The van der Waals surface area contributed by atoms with Crippen LogP contribution in [-0.2, 0) is 10.0 Å². The lowest BCUT2D eigenvalue weighted by molar-refractivity contribution is 0.609. The van der Waals surface area contributed by atoms with Gasteiger partial charge in [0.25, 0.3) is 10.0 Å². The summed E-state index contributed by atoms with van der Waals surface area (Å²) in [6.07, 6.45) is 0. The Morgan fingerprint density at radius 1 is 1.64 bits per heavy atom. The quantitative estimate of drug-likeness (QED) is 0.785. The molecule has 0 aromatic carbocycles. The average molecular weight is 189 g/mol. The molecule has 0 bridgehead atoms. The van der Waals surface area contributed by atoms with Crippen LogP contribution in [0.1, 0.15) is 0 Å². The second-order valence-electron chi connectivity index (χ2n) is 1.79. The van der Waals surface area contributed by atoms with E-state index < -0.39 is 10.0 Å². The van der Waals surface area contributed by atoms with Crippen LogP contribution in [0, 0.1) is 0 Å². The Hall–Kier alpha value is -0.810. The van der Waals surface area contributed by atoms with E-state index in [-0.39, 0.29) is 0 Å². The molecule has 0 spiro atoms. The van der Waals surface area contributed by atoms with Gasteiger partial charge in [-0.2, -0.15) is 0 Å². The number of nitrogens with one attached hydrogen (secondary N) is 1. The highest BCUT2D eigenvalue weighted by Crippen LogP contribution is 2.16. The summed E-state index contributed by atoms with van der Waals surface area (Å²) in [6.45, 7) is 3.17. The molecule has 0 unspecified atom stereocenters. The van der Waals surface area contributed by atoms with Crippen molar-refractivity contribution < 1.29 is 8.42 Å². The van der Waals surface area contributed by atoms with E-state index in [1.165, 1.54) is 11.3 Å². The van der Waals surface area contributed by atoms with Gasteiger partial charge in [-0.3, -0.25) is 4.72 Å². The van der Waals surface area contributed by atoms with E-state index in [4.69, 9.17) is 0 Å². The molecule has 1 rings (SSSR count). The number of hydrogen-bond donors (Lipinski definition) is 1. The molecule has 0 amide bonds. The number of thiophene rings is 1. The predicted octanol–water partition coefficient (Wildman–Crippen LogP) is 1.63. The molecule has 1 heterocycles. The minimum Gasteiger partial charge on any atom is -0.271 e. The van der Waals surface area contributed by atoms with E-state index in [2.05, 4.69) is 11.3 Å². The second kappa shape index (κ2) is 3.06. The summed E-state index contributed by atoms with van der Waals surface area (Å²) < 4.78 is 24.0. The summed E-state index contributed by atoms with van der Waals surface area (Å²) in [5, 5.41) is 3.28. The molecule has 11 heavy (non-hydrogen) atoms. The van der Waals surface area contributed by atoms with Gasteiger partial charge in [-0.25, -0.2) is 8.42 Å². The van der Waals surface area contributed by atoms with Crippen LogP contribution in [0.5, 0.6) is 0 Å². The number of rotatable bonds is 3. The molecule has 3 nitrogen and oxygen atoms in total. The van der Waals surface area contributed by atoms with Gasteiger partial charge in [0.05, 0.1) is 0 Å². The Labute approximate surface area is 69.4 Å². The van der Waals surface area contributed by atoms with Gasteiger partial charge in [-0.15, -0.1) is 11.3 Å². The SMILES string of the molecule is C=CS(=O)(=O)Nc1cccs1. The van der Waals surface area contributed by atoms with E-state index in [0.29, 0.717) is 5.00 Å². The van der Waals surface area contributed by atoms with Crippen LogP contribution in [0.15, 0.2) is 29.5 Å². The summed E-state index contributed by atoms with van der Waals surface area (Å²) in [4.78, 5) is 0. The second-order valence-corrected chi connectivity index (χ2v) is 4.37. The maximum Gasteiger partial charge on any atom is 0.255 e. The monoisotopic (exact) mass is 189 g/mol. The Kier molecular flexibility index (Phi) is 2.31. The fourth-order valence-corrected chi connectivity index (χ4v) is 1.95. The normalized spacial score (nSPS) is 10.9. The topological polar surface area (TPSA) is 46.2 Å². The van der Waals surface area contributed by atoms with Gasteiger partial charge in [0.15, 0.2) is 0 Å². The zero-order valence-electron chi connectivity index (χ0n) is 5.65. The predicted molar refractivity (Wildman–Crippen MR) is 47.1 cm³/mol. The molecule has 0 fully saturated rings. The summed E-state index contributed by atoms with van der Waals surface area (Å²) in [7, 11) is -3.32. The van der Waals surface area contributed by atoms with E-state index in [9.17, 15) is 8.42 Å². The van der Waals surface area contributed by atoms with E-state index in [1.807, 2.05) is 0 Å². The molecule has 0 atom stereocenters. The van der Waals surface area contributed by atoms with Crippen molar-refractivity contribution in [3.63, 3.8) is 0 Å². The summed E-state index contributed by atoms with van der Waals surface area (Å²) in [5.74, 6) is 0. The fraction of sp³-hybridized carbons (Fsp3) is 0. The van der Waals surface area contributed by atoms with Gasteiger partial charge in [-0.05, 0) is 17.5 Å². The first kappa shape index (κ1) is 8.29. The number of hydrogen-bond acceptors (Lipinski definition) is 3.